The summed E-state index contributed by atoms with van der Waals surface area (Å²) in [5.41, 5.74) is 7.29. The molecule has 2 N–H and O–H groups in total. The number of benzene rings is 2. The number of nitrogens with two attached hydrogens (primary N) is 1. The quantitative estimate of drug-likeness (QED) is 0.595. The number of fused-ring (bicyclic) bond motifs is 1. The smallest absolute Gasteiger partial charge is 0.171 e. The number of methoxy groups -OCH3 is 1. The van der Waals surface area contributed by atoms with Crippen molar-refractivity contribution in [2.75, 3.05) is 12.8 Å². The minimum Gasteiger partial charge on any atom is -0.492 e. The standard InChI is InChI=1S/C13H14O3.C6H6BrN/c1-13(2)7-6-9-4-5-10(8-14)11(15-3)12(9)16-13;7-5-2-1-3-6(8)4-5/h4-8H,1-3H3;1-4H,8H2. The Bertz CT molecular complexity index is 752. The molecule has 0 bridgehead atoms. The van der Waals surface area contributed by atoms with Crippen molar-refractivity contribution in [1.29, 1.82) is 0 Å². The van der Waals surface area contributed by atoms with Gasteiger partial charge in [0.15, 0.2) is 17.8 Å². The molecule has 5 heteroatoms. The molecule has 0 saturated heterocycles. The highest BCUT2D eigenvalue weighted by Gasteiger charge is 2.25. The molecule has 3 rings (SSSR count). The van der Waals surface area contributed by atoms with Gasteiger partial charge in [0.25, 0.3) is 0 Å². The van der Waals surface area contributed by atoms with Gasteiger partial charge in [-0.1, -0.05) is 34.1 Å². The first-order valence-electron chi connectivity index (χ1n) is 7.42. The number of hydrogen-bond donors (Lipinski definition) is 1. The summed E-state index contributed by atoms with van der Waals surface area (Å²) >= 11 is 3.28. The molecule has 0 saturated carbocycles. The summed E-state index contributed by atoms with van der Waals surface area (Å²) in [5, 5.41) is 0. The number of rotatable bonds is 2. The Labute approximate surface area is 150 Å². The molecule has 0 amide bonds. The molecule has 2 aromatic carbocycles. The molecule has 0 unspecified atom stereocenters. The SMILES string of the molecule is COc1c(C=O)ccc2c1OC(C)(C)C=C2.Nc1cccc(Br)c1. The van der Waals surface area contributed by atoms with E-state index in [1.807, 2.05) is 56.3 Å². The highest BCUT2D eigenvalue weighted by molar-refractivity contribution is 9.10. The van der Waals surface area contributed by atoms with Crippen molar-refractivity contribution in [2.24, 2.45) is 0 Å². The van der Waals surface area contributed by atoms with Crippen LogP contribution in [0, 0.1) is 0 Å². The molecule has 126 valence electrons. The molecule has 0 atom stereocenters. The number of hydrogen-bond acceptors (Lipinski definition) is 4. The van der Waals surface area contributed by atoms with Gasteiger partial charge in [0, 0.05) is 15.7 Å². The number of halogens is 1. The van der Waals surface area contributed by atoms with E-state index in [2.05, 4.69) is 15.9 Å². The molecule has 24 heavy (non-hydrogen) atoms. The fourth-order valence-electron chi connectivity index (χ4n) is 2.23. The van der Waals surface area contributed by atoms with E-state index in [-0.39, 0.29) is 5.60 Å². The Balaban J connectivity index is 0.000000219. The van der Waals surface area contributed by atoms with E-state index >= 15 is 0 Å². The van der Waals surface area contributed by atoms with Gasteiger partial charge in [-0.15, -0.1) is 0 Å². The molecular weight excluding hydrogens is 370 g/mol. The topological polar surface area (TPSA) is 61.5 Å². The molecule has 0 radical (unpaired) electrons. The predicted octanol–water partition coefficient (Wildman–Crippen LogP) is 4.72. The van der Waals surface area contributed by atoms with Crippen LogP contribution in [0.25, 0.3) is 6.08 Å². The van der Waals surface area contributed by atoms with Gasteiger partial charge in [-0.05, 0) is 44.2 Å². The number of aldehydes is 1. The van der Waals surface area contributed by atoms with Crippen LogP contribution in [0.2, 0.25) is 0 Å². The highest BCUT2D eigenvalue weighted by Crippen LogP contribution is 2.40. The molecule has 0 aromatic heterocycles. The van der Waals surface area contributed by atoms with Crippen molar-refractivity contribution >= 4 is 34.0 Å². The lowest BCUT2D eigenvalue weighted by Gasteiger charge is -2.29. The van der Waals surface area contributed by atoms with Gasteiger partial charge in [0.2, 0.25) is 0 Å². The first-order valence-corrected chi connectivity index (χ1v) is 8.21. The van der Waals surface area contributed by atoms with Crippen LogP contribution < -0.4 is 15.2 Å². The first-order chi connectivity index (χ1) is 11.4. The molecule has 0 spiro atoms. The molecule has 0 fully saturated rings. The third kappa shape index (κ3) is 4.38. The summed E-state index contributed by atoms with van der Waals surface area (Å²) in [6, 6.07) is 11.1. The number of ether oxygens (including phenoxy) is 2. The fraction of sp³-hybridized carbons (Fsp3) is 0.211. The van der Waals surface area contributed by atoms with Crippen LogP contribution in [0.4, 0.5) is 5.69 Å². The molecule has 0 aliphatic carbocycles. The monoisotopic (exact) mass is 389 g/mol. The van der Waals surface area contributed by atoms with Gasteiger partial charge < -0.3 is 15.2 Å². The Morgan fingerprint density at radius 1 is 1.25 bits per heavy atom. The summed E-state index contributed by atoms with van der Waals surface area (Å²) in [7, 11) is 1.54. The van der Waals surface area contributed by atoms with E-state index in [1.54, 1.807) is 6.07 Å². The lowest BCUT2D eigenvalue weighted by atomic mass is 10.0. The van der Waals surface area contributed by atoms with Crippen molar-refractivity contribution in [2.45, 2.75) is 19.4 Å². The second-order valence-electron chi connectivity index (χ2n) is 5.82. The third-order valence-corrected chi connectivity index (χ3v) is 3.88. The highest BCUT2D eigenvalue weighted by atomic mass is 79.9. The van der Waals surface area contributed by atoms with Crippen LogP contribution in [0.15, 0.2) is 46.9 Å². The molecule has 1 aliphatic heterocycles. The second kappa shape index (κ2) is 7.53. The van der Waals surface area contributed by atoms with Crippen molar-refractivity contribution in [3.8, 4) is 11.5 Å². The van der Waals surface area contributed by atoms with Crippen LogP contribution in [0.3, 0.4) is 0 Å². The maximum Gasteiger partial charge on any atom is 0.171 e. The van der Waals surface area contributed by atoms with Crippen LogP contribution in [0.5, 0.6) is 11.5 Å². The van der Waals surface area contributed by atoms with Crippen LogP contribution in [-0.2, 0) is 0 Å². The minimum atomic E-state index is -0.373. The zero-order valence-corrected chi connectivity index (χ0v) is 15.5. The van der Waals surface area contributed by atoms with Crippen LogP contribution >= 0.6 is 15.9 Å². The maximum atomic E-state index is 10.9. The van der Waals surface area contributed by atoms with E-state index in [0.29, 0.717) is 17.1 Å². The Morgan fingerprint density at radius 3 is 2.54 bits per heavy atom. The van der Waals surface area contributed by atoms with Gasteiger partial charge in [0.05, 0.1) is 12.7 Å². The Kier molecular flexibility index (Phi) is 5.67. The largest absolute Gasteiger partial charge is 0.492 e. The average Bonchev–Trinajstić information content (AvgIpc) is 2.53. The van der Waals surface area contributed by atoms with Gasteiger partial charge in [-0.25, -0.2) is 0 Å². The van der Waals surface area contributed by atoms with Gasteiger partial charge in [-0.2, -0.15) is 0 Å². The van der Waals surface area contributed by atoms with Crippen molar-refractivity contribution < 1.29 is 14.3 Å². The van der Waals surface area contributed by atoms with Gasteiger partial charge in [-0.3, -0.25) is 4.79 Å². The summed E-state index contributed by atoms with van der Waals surface area (Å²) in [6.07, 6.45) is 4.74. The lowest BCUT2D eigenvalue weighted by molar-refractivity contribution is 0.111. The minimum absolute atomic E-state index is 0.373. The molecule has 1 heterocycles. The number of anilines is 1. The van der Waals surface area contributed by atoms with Crippen molar-refractivity contribution in [3.05, 3.63) is 58.1 Å². The molecule has 2 aromatic rings. The van der Waals surface area contributed by atoms with Crippen LogP contribution in [-0.4, -0.2) is 19.0 Å². The maximum absolute atomic E-state index is 10.9. The predicted molar refractivity (Wildman–Crippen MR) is 101 cm³/mol. The third-order valence-electron chi connectivity index (χ3n) is 3.38. The molecule has 4 nitrogen and oxygen atoms in total. The first kappa shape index (κ1) is 18.1. The zero-order valence-electron chi connectivity index (χ0n) is 13.9. The molecule has 1 aliphatic rings. The van der Waals surface area contributed by atoms with E-state index in [0.717, 1.165) is 22.0 Å². The van der Waals surface area contributed by atoms with Crippen LogP contribution in [0.1, 0.15) is 29.8 Å². The zero-order chi connectivity index (χ0) is 17.7. The van der Waals surface area contributed by atoms with Crippen molar-refractivity contribution in [3.63, 3.8) is 0 Å². The summed E-state index contributed by atoms with van der Waals surface area (Å²) in [5.74, 6) is 1.14. The van der Waals surface area contributed by atoms with Gasteiger partial charge in [0.1, 0.15) is 5.60 Å². The number of nitrogen functional groups attached to an aromatic ring is 1. The normalized spacial score (nSPS) is 13.8. The average molecular weight is 390 g/mol. The van der Waals surface area contributed by atoms with E-state index in [4.69, 9.17) is 15.2 Å². The Hall–Kier alpha value is -2.27. The lowest BCUT2D eigenvalue weighted by Crippen LogP contribution is -2.27. The van der Waals surface area contributed by atoms with E-state index in [9.17, 15) is 4.79 Å². The second-order valence-corrected chi connectivity index (χ2v) is 6.73. The summed E-state index contributed by atoms with van der Waals surface area (Å²) in [6.45, 7) is 3.92. The fourth-order valence-corrected chi connectivity index (χ4v) is 2.64. The molecular formula is C19H20BrNO3. The summed E-state index contributed by atoms with van der Waals surface area (Å²) < 4.78 is 12.1. The Morgan fingerprint density at radius 2 is 2.00 bits per heavy atom. The van der Waals surface area contributed by atoms with Gasteiger partial charge >= 0.3 is 0 Å². The number of carbonyl (C=O) groups is 1. The number of carbonyl (C=O) groups excluding carboxylic acids is 1. The van der Waals surface area contributed by atoms with E-state index < -0.39 is 0 Å². The summed E-state index contributed by atoms with van der Waals surface area (Å²) in [4.78, 5) is 10.9. The van der Waals surface area contributed by atoms with Crippen molar-refractivity contribution in [1.82, 2.24) is 0 Å². The van der Waals surface area contributed by atoms with E-state index in [1.165, 1.54) is 7.11 Å².